The molecule has 0 aromatic heterocycles. The molecule has 2 aliphatic heterocycles. The molecule has 6 heteroatoms. The number of hydrogen-bond acceptors (Lipinski definition) is 3. The van der Waals surface area contributed by atoms with Gasteiger partial charge in [0.25, 0.3) is 0 Å². The Morgan fingerprint density at radius 1 is 1.28 bits per heavy atom. The minimum atomic E-state index is -0.0778. The monoisotopic (exact) mass is 344 g/mol. The van der Waals surface area contributed by atoms with E-state index in [4.69, 9.17) is 0 Å². The number of nitrogens with zero attached hydrogens (tertiary/aromatic N) is 2. The van der Waals surface area contributed by atoms with Crippen molar-refractivity contribution in [1.82, 2.24) is 9.80 Å². The highest BCUT2D eigenvalue weighted by Crippen LogP contribution is 2.26. The van der Waals surface area contributed by atoms with E-state index < -0.39 is 0 Å². The molecule has 1 aromatic rings. The first-order chi connectivity index (χ1) is 12.2. The van der Waals surface area contributed by atoms with E-state index in [1.54, 1.807) is 0 Å². The number of anilines is 2. The summed E-state index contributed by atoms with van der Waals surface area (Å²) >= 11 is 0. The lowest BCUT2D eigenvalue weighted by Gasteiger charge is -2.24. The first-order valence-corrected chi connectivity index (χ1v) is 9.37. The predicted molar refractivity (Wildman–Crippen MR) is 99.9 cm³/mol. The normalized spacial score (nSPS) is 17.1. The van der Waals surface area contributed by atoms with Gasteiger partial charge in [0.1, 0.15) is 0 Å². The molecule has 25 heavy (non-hydrogen) atoms. The molecule has 0 saturated carbocycles. The topological polar surface area (TPSA) is 64.7 Å². The van der Waals surface area contributed by atoms with Crippen LogP contribution in [-0.2, 0) is 11.2 Å². The third-order valence-corrected chi connectivity index (χ3v) is 5.03. The van der Waals surface area contributed by atoms with Crippen LogP contribution in [0.3, 0.4) is 0 Å². The largest absolute Gasteiger partial charge is 0.326 e. The molecule has 0 radical (unpaired) electrons. The number of rotatable bonds is 6. The summed E-state index contributed by atoms with van der Waals surface area (Å²) in [6.45, 7) is 6.91. The number of nitrogens with one attached hydrogen (secondary N) is 2. The lowest BCUT2D eigenvalue weighted by atomic mass is 10.0. The van der Waals surface area contributed by atoms with Crippen LogP contribution >= 0.6 is 0 Å². The predicted octanol–water partition coefficient (Wildman–Crippen LogP) is 2.91. The van der Waals surface area contributed by atoms with Crippen molar-refractivity contribution < 1.29 is 9.59 Å². The van der Waals surface area contributed by atoms with Crippen molar-refractivity contribution in [3.05, 3.63) is 23.8 Å². The van der Waals surface area contributed by atoms with Gasteiger partial charge in [-0.1, -0.05) is 6.07 Å². The average Bonchev–Trinajstić information content (AvgIpc) is 3.11. The zero-order valence-electron chi connectivity index (χ0n) is 15.0. The van der Waals surface area contributed by atoms with E-state index in [2.05, 4.69) is 15.5 Å². The first kappa shape index (κ1) is 17.7. The van der Waals surface area contributed by atoms with Crippen LogP contribution in [0.1, 0.15) is 38.2 Å². The summed E-state index contributed by atoms with van der Waals surface area (Å²) in [6.07, 6.45) is 4.88. The van der Waals surface area contributed by atoms with Gasteiger partial charge in [0.2, 0.25) is 5.91 Å². The number of benzene rings is 1. The Morgan fingerprint density at radius 2 is 2.08 bits per heavy atom. The van der Waals surface area contributed by atoms with Gasteiger partial charge in [-0.2, -0.15) is 0 Å². The van der Waals surface area contributed by atoms with Crippen LogP contribution in [0.5, 0.6) is 0 Å². The highest BCUT2D eigenvalue weighted by atomic mass is 16.2. The van der Waals surface area contributed by atoms with Gasteiger partial charge in [-0.25, -0.2) is 4.79 Å². The van der Waals surface area contributed by atoms with Crippen molar-refractivity contribution in [2.75, 3.05) is 43.4 Å². The highest BCUT2D eigenvalue weighted by Gasteiger charge is 2.17. The number of amides is 3. The fraction of sp³-hybridized carbons (Fsp3) is 0.579. The molecule has 2 aliphatic rings. The second-order valence-corrected chi connectivity index (χ2v) is 6.83. The summed E-state index contributed by atoms with van der Waals surface area (Å²) in [5, 5.41) is 5.83. The van der Waals surface area contributed by atoms with Crippen LogP contribution in [0.4, 0.5) is 16.2 Å². The van der Waals surface area contributed by atoms with Gasteiger partial charge < -0.3 is 20.4 Å². The standard InChI is InChI=1S/C19H28N4O2/c1-2-23(13-5-12-22-10-3-4-11-22)19(25)20-16-8-6-15-7-9-18(24)21-17(15)14-16/h6,8,14H,2-5,7,9-13H2,1H3,(H,20,25)(H,21,24). The molecular weight excluding hydrogens is 316 g/mol. The summed E-state index contributed by atoms with van der Waals surface area (Å²) in [7, 11) is 0. The molecule has 136 valence electrons. The number of fused-ring (bicyclic) bond motifs is 1. The van der Waals surface area contributed by atoms with Crippen LogP contribution in [-0.4, -0.2) is 54.5 Å². The van der Waals surface area contributed by atoms with E-state index in [-0.39, 0.29) is 11.9 Å². The summed E-state index contributed by atoms with van der Waals surface area (Å²) in [6, 6.07) is 5.66. The Morgan fingerprint density at radius 3 is 2.84 bits per heavy atom. The number of likely N-dealkylation sites (tertiary alicyclic amines) is 1. The minimum Gasteiger partial charge on any atom is -0.326 e. The Bertz CT molecular complexity index is 626. The van der Waals surface area contributed by atoms with E-state index in [0.717, 1.165) is 42.9 Å². The zero-order chi connectivity index (χ0) is 17.6. The summed E-state index contributed by atoms with van der Waals surface area (Å²) in [5.74, 6) is 0.0353. The van der Waals surface area contributed by atoms with E-state index >= 15 is 0 Å². The number of carbonyl (C=O) groups excluding carboxylic acids is 2. The maximum atomic E-state index is 12.5. The Hall–Kier alpha value is -2.08. The molecule has 2 heterocycles. The Kier molecular flexibility index (Phi) is 5.91. The van der Waals surface area contributed by atoms with Crippen LogP contribution in [0, 0.1) is 0 Å². The van der Waals surface area contributed by atoms with Crippen molar-refractivity contribution in [2.24, 2.45) is 0 Å². The molecule has 1 fully saturated rings. The molecule has 3 amide bonds. The maximum Gasteiger partial charge on any atom is 0.321 e. The van der Waals surface area contributed by atoms with Crippen molar-refractivity contribution in [3.8, 4) is 0 Å². The SMILES string of the molecule is CCN(CCCN1CCCC1)C(=O)Nc1ccc2c(c1)NC(=O)CC2. The summed E-state index contributed by atoms with van der Waals surface area (Å²) < 4.78 is 0. The number of urea groups is 1. The van der Waals surface area contributed by atoms with Gasteiger partial charge >= 0.3 is 6.03 Å². The Labute approximate surface area is 149 Å². The van der Waals surface area contributed by atoms with Gasteiger partial charge in [-0.15, -0.1) is 0 Å². The number of carbonyl (C=O) groups is 2. The second-order valence-electron chi connectivity index (χ2n) is 6.83. The van der Waals surface area contributed by atoms with E-state index in [0.29, 0.717) is 13.0 Å². The smallest absolute Gasteiger partial charge is 0.321 e. The van der Waals surface area contributed by atoms with Gasteiger partial charge in [0, 0.05) is 30.9 Å². The fourth-order valence-corrected chi connectivity index (χ4v) is 3.55. The minimum absolute atomic E-state index is 0.0353. The lowest BCUT2D eigenvalue weighted by Crippen LogP contribution is -2.37. The summed E-state index contributed by atoms with van der Waals surface area (Å²) in [5.41, 5.74) is 2.66. The first-order valence-electron chi connectivity index (χ1n) is 9.37. The Balaban J connectivity index is 1.52. The highest BCUT2D eigenvalue weighted by molar-refractivity contribution is 5.96. The van der Waals surface area contributed by atoms with E-state index in [1.165, 1.54) is 25.9 Å². The molecule has 3 rings (SSSR count). The number of hydrogen-bond donors (Lipinski definition) is 2. The lowest BCUT2D eigenvalue weighted by molar-refractivity contribution is -0.116. The van der Waals surface area contributed by atoms with Crippen LogP contribution < -0.4 is 10.6 Å². The fourth-order valence-electron chi connectivity index (χ4n) is 3.55. The van der Waals surface area contributed by atoms with Crippen molar-refractivity contribution in [1.29, 1.82) is 0 Å². The number of aryl methyl sites for hydroxylation is 1. The van der Waals surface area contributed by atoms with Gasteiger partial charge in [-0.3, -0.25) is 4.79 Å². The molecule has 0 spiro atoms. The zero-order valence-corrected chi connectivity index (χ0v) is 15.0. The third-order valence-electron chi connectivity index (χ3n) is 5.03. The molecule has 1 aromatic carbocycles. The van der Waals surface area contributed by atoms with Gasteiger partial charge in [0.15, 0.2) is 0 Å². The molecule has 6 nitrogen and oxygen atoms in total. The average molecular weight is 344 g/mol. The molecule has 0 bridgehead atoms. The van der Waals surface area contributed by atoms with E-state index in [9.17, 15) is 9.59 Å². The van der Waals surface area contributed by atoms with Gasteiger partial charge in [-0.05, 0) is 69.9 Å². The van der Waals surface area contributed by atoms with Crippen molar-refractivity contribution >= 4 is 23.3 Å². The molecular formula is C19H28N4O2. The molecule has 0 aliphatic carbocycles. The molecule has 2 N–H and O–H groups in total. The second kappa shape index (κ2) is 8.34. The summed E-state index contributed by atoms with van der Waals surface area (Å²) in [4.78, 5) is 28.4. The van der Waals surface area contributed by atoms with Crippen molar-refractivity contribution in [3.63, 3.8) is 0 Å². The van der Waals surface area contributed by atoms with Crippen molar-refractivity contribution in [2.45, 2.75) is 39.0 Å². The quantitative estimate of drug-likeness (QED) is 0.834. The third kappa shape index (κ3) is 4.72. The molecule has 1 saturated heterocycles. The van der Waals surface area contributed by atoms with Crippen LogP contribution in [0.15, 0.2) is 18.2 Å². The van der Waals surface area contributed by atoms with Gasteiger partial charge in [0.05, 0.1) is 0 Å². The van der Waals surface area contributed by atoms with E-state index in [1.807, 2.05) is 30.0 Å². The maximum absolute atomic E-state index is 12.5. The molecule has 0 atom stereocenters. The van der Waals surface area contributed by atoms with Crippen LogP contribution in [0.2, 0.25) is 0 Å². The molecule has 0 unspecified atom stereocenters. The van der Waals surface area contributed by atoms with Crippen LogP contribution in [0.25, 0.3) is 0 Å².